The molecule has 0 bridgehead atoms. The number of aromatic nitrogens is 1. The van der Waals surface area contributed by atoms with Gasteiger partial charge in [-0.3, -0.25) is 0 Å². The second-order valence-corrected chi connectivity index (χ2v) is 4.17. The lowest BCUT2D eigenvalue weighted by Gasteiger charge is -1.92. The number of fused-ring (bicyclic) bond motifs is 1. The van der Waals surface area contributed by atoms with Crippen molar-refractivity contribution < 1.29 is 9.53 Å². The summed E-state index contributed by atoms with van der Waals surface area (Å²) in [5.74, 6) is -0.332. The van der Waals surface area contributed by atoms with Gasteiger partial charge in [-0.25, -0.2) is 9.78 Å². The van der Waals surface area contributed by atoms with E-state index in [-0.39, 0.29) is 5.97 Å². The first-order valence-corrected chi connectivity index (χ1v) is 5.81. The number of carbonyl (C=O) groups is 1. The van der Waals surface area contributed by atoms with Crippen LogP contribution in [-0.4, -0.2) is 17.6 Å². The summed E-state index contributed by atoms with van der Waals surface area (Å²) in [6.45, 7) is 2.17. The molecule has 0 atom stereocenters. The minimum atomic E-state index is -0.332. The van der Waals surface area contributed by atoms with Gasteiger partial charge in [0.15, 0.2) is 0 Å². The van der Waals surface area contributed by atoms with Crippen molar-refractivity contribution in [3.63, 3.8) is 0 Å². The van der Waals surface area contributed by atoms with Crippen molar-refractivity contribution in [3.8, 4) is 0 Å². The van der Waals surface area contributed by atoms with Gasteiger partial charge in [0.25, 0.3) is 0 Å². The van der Waals surface area contributed by atoms with Gasteiger partial charge in [-0.15, -0.1) is 11.3 Å². The van der Waals surface area contributed by atoms with Crippen LogP contribution in [0.4, 0.5) is 0 Å². The monoisotopic (exact) mass is 233 g/mol. The Morgan fingerprint density at radius 1 is 1.50 bits per heavy atom. The van der Waals surface area contributed by atoms with Gasteiger partial charge < -0.3 is 4.74 Å². The van der Waals surface area contributed by atoms with E-state index in [2.05, 4.69) is 4.98 Å². The van der Waals surface area contributed by atoms with E-state index in [1.54, 1.807) is 24.3 Å². The molecule has 0 spiro atoms. The maximum absolute atomic E-state index is 11.1. The number of thiazole rings is 1. The molecule has 82 valence electrons. The number of nitrogens with zero attached hydrogens (tertiary/aromatic N) is 1. The molecule has 0 N–H and O–H groups in total. The smallest absolute Gasteiger partial charge is 0.330 e. The third-order valence-electron chi connectivity index (χ3n) is 1.96. The van der Waals surface area contributed by atoms with E-state index in [1.807, 2.05) is 24.3 Å². The first kappa shape index (κ1) is 10.8. The molecule has 4 heteroatoms. The quantitative estimate of drug-likeness (QED) is 0.604. The Hall–Kier alpha value is -1.68. The van der Waals surface area contributed by atoms with E-state index in [1.165, 1.54) is 6.08 Å². The molecule has 0 saturated heterocycles. The van der Waals surface area contributed by atoms with Crippen molar-refractivity contribution in [2.24, 2.45) is 0 Å². The number of benzene rings is 1. The fourth-order valence-electron chi connectivity index (χ4n) is 1.29. The van der Waals surface area contributed by atoms with Gasteiger partial charge in [0.1, 0.15) is 5.01 Å². The van der Waals surface area contributed by atoms with E-state index < -0.39 is 0 Å². The lowest BCUT2D eigenvalue weighted by Crippen LogP contribution is -1.98. The molecule has 0 unspecified atom stereocenters. The molecule has 0 aliphatic heterocycles. The van der Waals surface area contributed by atoms with Gasteiger partial charge in [0, 0.05) is 6.08 Å². The first-order chi connectivity index (χ1) is 7.79. The third kappa shape index (κ3) is 2.46. The number of rotatable bonds is 3. The summed E-state index contributed by atoms with van der Waals surface area (Å²) >= 11 is 1.55. The number of ether oxygens (including phenoxy) is 1. The lowest BCUT2D eigenvalue weighted by molar-refractivity contribution is -0.137. The zero-order chi connectivity index (χ0) is 11.4. The minimum Gasteiger partial charge on any atom is -0.463 e. The van der Waals surface area contributed by atoms with Crippen LogP contribution in [0.5, 0.6) is 0 Å². The van der Waals surface area contributed by atoms with Crippen molar-refractivity contribution in [2.45, 2.75) is 6.92 Å². The van der Waals surface area contributed by atoms with Crippen LogP contribution < -0.4 is 0 Å². The SMILES string of the molecule is CCOC(=O)C=Cc1nc2ccccc2s1. The molecule has 0 fully saturated rings. The minimum absolute atomic E-state index is 0.332. The number of carbonyl (C=O) groups excluding carboxylic acids is 1. The topological polar surface area (TPSA) is 39.2 Å². The van der Waals surface area contributed by atoms with E-state index in [9.17, 15) is 4.79 Å². The van der Waals surface area contributed by atoms with Gasteiger partial charge >= 0.3 is 5.97 Å². The second-order valence-electron chi connectivity index (χ2n) is 3.11. The first-order valence-electron chi connectivity index (χ1n) is 5.00. The fraction of sp³-hybridized carbons (Fsp3) is 0.167. The molecule has 1 heterocycles. The highest BCUT2D eigenvalue weighted by molar-refractivity contribution is 7.19. The largest absolute Gasteiger partial charge is 0.463 e. The molecular weight excluding hydrogens is 222 g/mol. The molecule has 2 rings (SSSR count). The van der Waals surface area contributed by atoms with Crippen molar-refractivity contribution in [2.75, 3.05) is 6.61 Å². The Labute approximate surface area is 97.4 Å². The van der Waals surface area contributed by atoms with Crippen LogP contribution >= 0.6 is 11.3 Å². The Morgan fingerprint density at radius 3 is 3.06 bits per heavy atom. The van der Waals surface area contributed by atoms with E-state index >= 15 is 0 Å². The van der Waals surface area contributed by atoms with Gasteiger partial charge in [-0.05, 0) is 25.1 Å². The van der Waals surface area contributed by atoms with Crippen molar-refractivity contribution in [1.82, 2.24) is 4.98 Å². The lowest BCUT2D eigenvalue weighted by atomic mass is 10.3. The second kappa shape index (κ2) is 4.90. The Morgan fingerprint density at radius 2 is 2.31 bits per heavy atom. The summed E-state index contributed by atoms with van der Waals surface area (Å²) in [6, 6.07) is 7.88. The Bertz CT molecular complexity index is 498. The van der Waals surface area contributed by atoms with Crippen LogP contribution in [0, 0.1) is 0 Å². The number of hydrogen-bond acceptors (Lipinski definition) is 4. The zero-order valence-electron chi connectivity index (χ0n) is 8.84. The van der Waals surface area contributed by atoms with Crippen molar-refractivity contribution in [1.29, 1.82) is 0 Å². The molecular formula is C12H11NO2S. The van der Waals surface area contributed by atoms with Gasteiger partial charge in [-0.2, -0.15) is 0 Å². The van der Waals surface area contributed by atoms with Crippen LogP contribution in [0.25, 0.3) is 16.3 Å². The van der Waals surface area contributed by atoms with E-state index in [0.717, 1.165) is 15.2 Å². The van der Waals surface area contributed by atoms with Crippen LogP contribution in [0.15, 0.2) is 30.3 Å². The molecule has 3 nitrogen and oxygen atoms in total. The molecule has 2 aromatic rings. The summed E-state index contributed by atoms with van der Waals surface area (Å²) in [7, 11) is 0. The highest BCUT2D eigenvalue weighted by Gasteiger charge is 2.00. The zero-order valence-corrected chi connectivity index (χ0v) is 9.66. The molecule has 1 aromatic carbocycles. The average Bonchev–Trinajstić information content (AvgIpc) is 2.69. The summed E-state index contributed by atoms with van der Waals surface area (Å²) in [5, 5.41) is 0.814. The molecule has 0 aliphatic rings. The fourth-order valence-corrected chi connectivity index (χ4v) is 2.16. The predicted molar refractivity (Wildman–Crippen MR) is 65.3 cm³/mol. The predicted octanol–water partition coefficient (Wildman–Crippen LogP) is 2.87. The molecule has 0 amide bonds. The average molecular weight is 233 g/mol. The number of hydrogen-bond donors (Lipinski definition) is 0. The number of para-hydroxylation sites is 1. The van der Waals surface area contributed by atoms with E-state index in [0.29, 0.717) is 6.61 Å². The normalized spacial score (nSPS) is 11.1. The van der Waals surface area contributed by atoms with Crippen LogP contribution in [0.2, 0.25) is 0 Å². The molecule has 16 heavy (non-hydrogen) atoms. The molecule has 0 radical (unpaired) electrons. The third-order valence-corrected chi connectivity index (χ3v) is 2.96. The van der Waals surface area contributed by atoms with Crippen molar-refractivity contribution >= 4 is 33.6 Å². The highest BCUT2D eigenvalue weighted by Crippen LogP contribution is 2.22. The van der Waals surface area contributed by atoms with Crippen molar-refractivity contribution in [3.05, 3.63) is 35.3 Å². The standard InChI is InChI=1S/C12H11NO2S/c1-2-15-12(14)8-7-11-13-9-5-3-4-6-10(9)16-11/h3-8H,2H2,1H3. The maximum Gasteiger partial charge on any atom is 0.330 e. The van der Waals surface area contributed by atoms with Crippen LogP contribution in [0.3, 0.4) is 0 Å². The van der Waals surface area contributed by atoms with Gasteiger partial charge in [-0.1, -0.05) is 12.1 Å². The molecule has 1 aromatic heterocycles. The van der Waals surface area contributed by atoms with Crippen LogP contribution in [0.1, 0.15) is 11.9 Å². The molecule has 0 aliphatic carbocycles. The summed E-state index contributed by atoms with van der Waals surface area (Å²) in [4.78, 5) is 15.5. The Kier molecular flexibility index (Phi) is 3.31. The number of esters is 1. The Balaban J connectivity index is 2.18. The summed E-state index contributed by atoms with van der Waals surface area (Å²) in [5.41, 5.74) is 0.955. The van der Waals surface area contributed by atoms with Crippen LogP contribution in [-0.2, 0) is 9.53 Å². The highest BCUT2D eigenvalue weighted by atomic mass is 32.1. The van der Waals surface area contributed by atoms with E-state index in [4.69, 9.17) is 4.74 Å². The van der Waals surface area contributed by atoms with Gasteiger partial charge in [0.05, 0.1) is 16.8 Å². The van der Waals surface area contributed by atoms with Gasteiger partial charge in [0.2, 0.25) is 0 Å². The summed E-state index contributed by atoms with van der Waals surface area (Å²) in [6.07, 6.45) is 3.09. The molecule has 0 saturated carbocycles. The maximum atomic E-state index is 11.1. The summed E-state index contributed by atoms with van der Waals surface area (Å²) < 4.78 is 5.91.